The van der Waals surface area contributed by atoms with Gasteiger partial charge in [0.2, 0.25) is 0 Å². The third-order valence-electron chi connectivity index (χ3n) is 2.64. The van der Waals surface area contributed by atoms with Crippen molar-refractivity contribution in [3.63, 3.8) is 0 Å². The second-order valence-corrected chi connectivity index (χ2v) is 5.60. The summed E-state index contributed by atoms with van der Waals surface area (Å²) in [6.45, 7) is -2.70. The molecule has 0 heterocycles. The largest absolute Gasteiger partial charge is 0.481 e. The molecule has 0 amide bonds. The van der Waals surface area contributed by atoms with Crippen LogP contribution in [0.25, 0.3) is 0 Å². The van der Waals surface area contributed by atoms with E-state index in [1.165, 1.54) is 0 Å². The number of rotatable bonds is 12. The van der Waals surface area contributed by atoms with Crippen molar-refractivity contribution < 1.29 is 80.5 Å². The zero-order chi connectivity index (χ0) is 27.3. The van der Waals surface area contributed by atoms with Gasteiger partial charge < -0.3 is 61.3 Å². The van der Waals surface area contributed by atoms with Crippen LogP contribution in [0, 0.1) is 5.41 Å². The van der Waals surface area contributed by atoms with Crippen LogP contribution in [-0.4, -0.2) is 138 Å². The van der Waals surface area contributed by atoms with E-state index in [-0.39, 0.29) is 52.1 Å². The van der Waals surface area contributed by atoms with Gasteiger partial charge in [-0.05, 0) is 0 Å². The first-order valence-corrected chi connectivity index (χ1v) is 9.07. The standard InChI is InChI=1S/C5H12O4.4C3H6O3/c6-1-5(2-7,3-8)4-9;4*4-2-1-3(5)6/h6-9H,1-4H2;4*4H,1-2H2,(H,5,6). The summed E-state index contributed by atoms with van der Waals surface area (Å²) in [5.74, 6) is -3.84. The molecule has 16 nitrogen and oxygen atoms in total. The van der Waals surface area contributed by atoms with Gasteiger partial charge in [-0.25, -0.2) is 0 Å². The van der Waals surface area contributed by atoms with E-state index in [1.807, 2.05) is 0 Å². The third-order valence-corrected chi connectivity index (χ3v) is 2.64. The van der Waals surface area contributed by atoms with E-state index in [1.54, 1.807) is 0 Å². The van der Waals surface area contributed by atoms with Crippen LogP contribution in [0.2, 0.25) is 0 Å². The number of aliphatic carboxylic acids is 4. The zero-order valence-electron chi connectivity index (χ0n) is 18.0. The highest BCUT2D eigenvalue weighted by atomic mass is 16.4. The fourth-order valence-corrected chi connectivity index (χ4v) is 0.683. The number of carboxylic acids is 4. The van der Waals surface area contributed by atoms with Gasteiger partial charge in [0.15, 0.2) is 0 Å². The molecule has 33 heavy (non-hydrogen) atoms. The molecular weight excluding hydrogens is 460 g/mol. The van der Waals surface area contributed by atoms with E-state index >= 15 is 0 Å². The summed E-state index contributed by atoms with van der Waals surface area (Å²) < 4.78 is 0. The summed E-state index contributed by atoms with van der Waals surface area (Å²) in [6, 6.07) is 0. The first kappa shape index (κ1) is 40.9. The highest BCUT2D eigenvalue weighted by Gasteiger charge is 2.26. The van der Waals surface area contributed by atoms with Crippen molar-refractivity contribution in [3.8, 4) is 0 Å². The van der Waals surface area contributed by atoms with E-state index < -0.39 is 55.7 Å². The van der Waals surface area contributed by atoms with Crippen LogP contribution >= 0.6 is 0 Å². The van der Waals surface area contributed by atoms with Crippen LogP contribution in [0.5, 0.6) is 0 Å². The normalized spacial score (nSPS) is 9.21. The van der Waals surface area contributed by atoms with E-state index in [4.69, 9.17) is 61.3 Å². The molecule has 12 N–H and O–H groups in total. The minimum atomic E-state index is -1.11. The Bertz CT molecular complexity index is 382. The molecule has 0 aromatic rings. The van der Waals surface area contributed by atoms with Crippen LogP contribution in [-0.2, 0) is 19.2 Å². The lowest BCUT2D eigenvalue weighted by molar-refractivity contribution is -0.138. The van der Waals surface area contributed by atoms with Crippen LogP contribution in [0.15, 0.2) is 0 Å². The van der Waals surface area contributed by atoms with Crippen molar-refractivity contribution in [3.05, 3.63) is 0 Å². The summed E-state index contributed by atoms with van der Waals surface area (Å²) in [7, 11) is 0. The van der Waals surface area contributed by atoms with Crippen molar-refractivity contribution in [1.82, 2.24) is 0 Å². The predicted molar refractivity (Wildman–Crippen MR) is 108 cm³/mol. The Balaban J connectivity index is -0.000000100. The smallest absolute Gasteiger partial charge is 0.305 e. The van der Waals surface area contributed by atoms with Crippen LogP contribution in [0.4, 0.5) is 0 Å². The average Bonchev–Trinajstić information content (AvgIpc) is 2.72. The number of hydrogen-bond acceptors (Lipinski definition) is 12. The Hall–Kier alpha value is -2.44. The molecule has 0 fully saturated rings. The fraction of sp³-hybridized carbons (Fsp3) is 0.765. The summed E-state index contributed by atoms with van der Waals surface area (Å²) in [5, 5.41) is 96.4. The van der Waals surface area contributed by atoms with E-state index in [0.29, 0.717) is 0 Å². The number of carbonyl (C=O) groups is 4. The summed E-state index contributed by atoms with van der Waals surface area (Å²) in [6.07, 6.45) is -0.611. The van der Waals surface area contributed by atoms with Crippen LogP contribution < -0.4 is 0 Å². The molecular formula is C17H36O16. The van der Waals surface area contributed by atoms with Crippen LogP contribution in [0.1, 0.15) is 25.7 Å². The molecule has 0 saturated carbocycles. The molecule has 16 heteroatoms. The first-order chi connectivity index (χ1) is 15.3. The molecule has 0 unspecified atom stereocenters. The fourth-order valence-electron chi connectivity index (χ4n) is 0.683. The van der Waals surface area contributed by atoms with Gasteiger partial charge in [0.25, 0.3) is 0 Å². The van der Waals surface area contributed by atoms with Crippen molar-refractivity contribution in [2.75, 3.05) is 52.9 Å². The summed E-state index contributed by atoms with van der Waals surface area (Å²) in [4.78, 5) is 37.8. The van der Waals surface area contributed by atoms with Gasteiger partial charge in [-0.15, -0.1) is 0 Å². The van der Waals surface area contributed by atoms with Gasteiger partial charge in [-0.3, -0.25) is 19.2 Å². The topological polar surface area (TPSA) is 311 Å². The summed E-state index contributed by atoms with van der Waals surface area (Å²) in [5.41, 5.74) is -1.11. The molecule has 0 aliphatic rings. The Labute approximate surface area is 189 Å². The minimum Gasteiger partial charge on any atom is -0.481 e. The first-order valence-electron chi connectivity index (χ1n) is 9.07. The lowest BCUT2D eigenvalue weighted by atomic mass is 9.93. The van der Waals surface area contributed by atoms with Crippen LogP contribution in [0.3, 0.4) is 0 Å². The van der Waals surface area contributed by atoms with Gasteiger partial charge in [-0.1, -0.05) is 0 Å². The quantitative estimate of drug-likeness (QED) is 0.122. The maximum atomic E-state index is 9.44. The van der Waals surface area contributed by atoms with Crippen molar-refractivity contribution in [2.45, 2.75) is 25.7 Å². The predicted octanol–water partition coefficient (Wildman–Crippen LogP) is -4.24. The maximum absolute atomic E-state index is 9.44. The average molecular weight is 496 g/mol. The molecule has 0 atom stereocenters. The minimum absolute atomic E-state index is 0.153. The molecule has 0 spiro atoms. The van der Waals surface area contributed by atoms with Gasteiger partial charge >= 0.3 is 23.9 Å². The zero-order valence-corrected chi connectivity index (χ0v) is 18.0. The molecule has 0 aliphatic heterocycles. The molecule has 0 rings (SSSR count). The van der Waals surface area contributed by atoms with Gasteiger partial charge in [-0.2, -0.15) is 0 Å². The molecule has 0 aromatic carbocycles. The second kappa shape index (κ2) is 31.7. The monoisotopic (exact) mass is 496 g/mol. The third kappa shape index (κ3) is 48.3. The summed E-state index contributed by atoms with van der Waals surface area (Å²) >= 11 is 0. The second-order valence-electron chi connectivity index (χ2n) is 5.60. The Morgan fingerprint density at radius 1 is 0.394 bits per heavy atom. The number of aliphatic hydroxyl groups is 8. The van der Waals surface area contributed by atoms with Crippen molar-refractivity contribution in [2.24, 2.45) is 5.41 Å². The lowest BCUT2D eigenvalue weighted by Gasteiger charge is -2.23. The molecule has 0 bridgehead atoms. The van der Waals surface area contributed by atoms with Gasteiger partial charge in [0.05, 0.1) is 84.0 Å². The lowest BCUT2D eigenvalue weighted by Crippen LogP contribution is -2.37. The molecule has 0 aromatic heterocycles. The van der Waals surface area contributed by atoms with Crippen molar-refractivity contribution >= 4 is 23.9 Å². The van der Waals surface area contributed by atoms with E-state index in [2.05, 4.69) is 0 Å². The molecule has 0 radical (unpaired) electrons. The molecule has 200 valence electrons. The highest BCUT2D eigenvalue weighted by Crippen LogP contribution is 2.11. The van der Waals surface area contributed by atoms with Crippen molar-refractivity contribution in [1.29, 1.82) is 0 Å². The maximum Gasteiger partial charge on any atom is 0.305 e. The number of hydrogen-bond donors (Lipinski definition) is 12. The van der Waals surface area contributed by atoms with E-state index in [0.717, 1.165) is 0 Å². The number of aliphatic hydroxyl groups excluding tert-OH is 8. The molecule has 0 saturated heterocycles. The Kier molecular flexibility index (Phi) is 39.3. The highest BCUT2D eigenvalue weighted by molar-refractivity contribution is 5.67. The Morgan fingerprint density at radius 3 is 0.545 bits per heavy atom. The van der Waals surface area contributed by atoms with Gasteiger partial charge in [0, 0.05) is 0 Å². The molecule has 0 aliphatic carbocycles. The van der Waals surface area contributed by atoms with E-state index in [9.17, 15) is 19.2 Å². The Morgan fingerprint density at radius 2 is 0.545 bits per heavy atom. The van der Waals surface area contributed by atoms with Gasteiger partial charge in [0.1, 0.15) is 0 Å². The number of carboxylic acid groups (broad SMARTS) is 4. The SMILES string of the molecule is O=C(O)CCO.O=C(O)CCO.O=C(O)CCO.O=C(O)CCO.OCC(CO)(CO)CO.